The molecule has 0 saturated carbocycles. The Bertz CT molecular complexity index is 1290. The fourth-order valence-electron chi connectivity index (χ4n) is 3.10. The van der Waals surface area contributed by atoms with Crippen molar-refractivity contribution in [1.82, 2.24) is 20.8 Å². The number of nitrogens with zero attached hydrogens (tertiary/aromatic N) is 2. The second kappa shape index (κ2) is 9.31. The molecule has 5 nitrogen and oxygen atoms in total. The fourth-order valence-corrected chi connectivity index (χ4v) is 3.45. The van der Waals surface area contributed by atoms with Crippen LogP contribution in [0, 0.1) is 0 Å². The van der Waals surface area contributed by atoms with Crippen molar-refractivity contribution in [1.29, 1.82) is 0 Å². The van der Waals surface area contributed by atoms with Crippen LogP contribution in [0.4, 0.5) is 0 Å². The van der Waals surface area contributed by atoms with Gasteiger partial charge in [-0.15, -0.1) is 0 Å². The van der Waals surface area contributed by atoms with Crippen LogP contribution in [-0.2, 0) is 0 Å². The molecule has 154 valence electrons. The average molecular weight is 466 g/mol. The Kier molecular flexibility index (Phi) is 6.32. The maximum Gasteiger partial charge on any atom is 0.182 e. The SMILES string of the molecule is NC(=S)NNC(=Cc1nc(-c2ccccn2)cc2ccccc12)c1ccc(Cl)c(Cl)c1. The number of benzene rings is 2. The molecule has 31 heavy (non-hydrogen) atoms. The van der Waals surface area contributed by atoms with Crippen LogP contribution in [0.3, 0.4) is 0 Å². The molecule has 2 heterocycles. The first-order valence-corrected chi connectivity index (χ1v) is 10.5. The van der Waals surface area contributed by atoms with E-state index < -0.39 is 0 Å². The molecule has 2 aromatic carbocycles. The number of pyridine rings is 2. The van der Waals surface area contributed by atoms with Crippen LogP contribution in [0.15, 0.2) is 72.9 Å². The largest absolute Gasteiger partial charge is 0.375 e. The molecular weight excluding hydrogens is 449 g/mol. The van der Waals surface area contributed by atoms with Crippen molar-refractivity contribution in [2.75, 3.05) is 0 Å². The van der Waals surface area contributed by atoms with Crippen molar-refractivity contribution >= 4 is 63.1 Å². The zero-order valence-electron chi connectivity index (χ0n) is 16.1. The zero-order chi connectivity index (χ0) is 21.8. The lowest BCUT2D eigenvalue weighted by Gasteiger charge is -2.14. The Hall–Kier alpha value is -3.19. The van der Waals surface area contributed by atoms with Gasteiger partial charge in [-0.1, -0.05) is 59.6 Å². The molecule has 0 bridgehead atoms. The molecule has 0 aliphatic rings. The van der Waals surface area contributed by atoms with Gasteiger partial charge in [-0.25, -0.2) is 4.98 Å². The molecule has 0 unspecified atom stereocenters. The highest BCUT2D eigenvalue weighted by Gasteiger charge is 2.11. The third kappa shape index (κ3) is 4.94. The summed E-state index contributed by atoms with van der Waals surface area (Å²) >= 11 is 17.3. The highest BCUT2D eigenvalue weighted by atomic mass is 35.5. The molecule has 4 rings (SSSR count). The summed E-state index contributed by atoms with van der Waals surface area (Å²) in [6, 6.07) is 21.1. The van der Waals surface area contributed by atoms with Gasteiger partial charge in [-0.2, -0.15) is 0 Å². The van der Waals surface area contributed by atoms with Crippen LogP contribution in [0.2, 0.25) is 10.0 Å². The Morgan fingerprint density at radius 2 is 1.71 bits per heavy atom. The molecule has 0 aliphatic heterocycles. The highest BCUT2D eigenvalue weighted by molar-refractivity contribution is 7.80. The summed E-state index contributed by atoms with van der Waals surface area (Å²) in [6.07, 6.45) is 3.65. The van der Waals surface area contributed by atoms with Gasteiger partial charge in [-0.05, 0) is 54.0 Å². The first-order chi connectivity index (χ1) is 15.0. The van der Waals surface area contributed by atoms with Gasteiger partial charge < -0.3 is 5.73 Å². The van der Waals surface area contributed by atoms with Crippen LogP contribution in [0.1, 0.15) is 11.3 Å². The van der Waals surface area contributed by atoms with E-state index in [0.29, 0.717) is 15.7 Å². The van der Waals surface area contributed by atoms with E-state index in [1.165, 1.54) is 0 Å². The van der Waals surface area contributed by atoms with Gasteiger partial charge in [0.05, 0.1) is 32.8 Å². The Balaban J connectivity index is 1.90. The molecule has 0 aliphatic carbocycles. The number of thiocarbonyl (C=S) groups is 1. The Labute approximate surface area is 194 Å². The molecule has 4 N–H and O–H groups in total. The van der Waals surface area contributed by atoms with E-state index in [4.69, 9.17) is 46.1 Å². The molecule has 0 radical (unpaired) electrons. The van der Waals surface area contributed by atoms with Gasteiger partial charge >= 0.3 is 0 Å². The zero-order valence-corrected chi connectivity index (χ0v) is 18.5. The van der Waals surface area contributed by atoms with Gasteiger partial charge in [0.2, 0.25) is 0 Å². The molecule has 0 atom stereocenters. The molecular formula is C23H17Cl2N5S. The van der Waals surface area contributed by atoms with Crippen LogP contribution in [0.25, 0.3) is 33.9 Å². The second-order valence-electron chi connectivity index (χ2n) is 6.63. The molecule has 2 aromatic heterocycles. The molecule has 0 amide bonds. The number of hydrogen-bond acceptors (Lipinski definition) is 4. The van der Waals surface area contributed by atoms with E-state index in [2.05, 4.69) is 15.8 Å². The monoisotopic (exact) mass is 465 g/mol. The van der Waals surface area contributed by atoms with E-state index in [9.17, 15) is 0 Å². The van der Waals surface area contributed by atoms with Crippen molar-refractivity contribution in [2.45, 2.75) is 0 Å². The van der Waals surface area contributed by atoms with Crippen LogP contribution >= 0.6 is 35.4 Å². The quantitative estimate of drug-likeness (QED) is 0.269. The molecule has 0 spiro atoms. The predicted molar refractivity (Wildman–Crippen MR) is 132 cm³/mol. The number of aromatic nitrogens is 2. The molecule has 0 fully saturated rings. The summed E-state index contributed by atoms with van der Waals surface area (Å²) in [4.78, 5) is 9.31. The van der Waals surface area contributed by atoms with Gasteiger partial charge in [0.1, 0.15) is 0 Å². The van der Waals surface area contributed by atoms with Crippen LogP contribution in [0.5, 0.6) is 0 Å². The van der Waals surface area contributed by atoms with E-state index >= 15 is 0 Å². The Morgan fingerprint density at radius 3 is 2.45 bits per heavy atom. The minimum absolute atomic E-state index is 0.103. The number of halogens is 2. The van der Waals surface area contributed by atoms with Gasteiger partial charge in [0.25, 0.3) is 0 Å². The van der Waals surface area contributed by atoms with E-state index in [1.54, 1.807) is 18.3 Å². The Morgan fingerprint density at radius 1 is 0.903 bits per heavy atom. The van der Waals surface area contributed by atoms with E-state index in [1.807, 2.05) is 60.7 Å². The smallest absolute Gasteiger partial charge is 0.182 e. The number of nitrogens with two attached hydrogens (primary N) is 1. The minimum atomic E-state index is 0.103. The van der Waals surface area contributed by atoms with Gasteiger partial charge in [-0.3, -0.25) is 15.8 Å². The van der Waals surface area contributed by atoms with Crippen LogP contribution < -0.4 is 16.6 Å². The molecule has 4 aromatic rings. The lowest BCUT2D eigenvalue weighted by Crippen LogP contribution is -2.39. The van der Waals surface area contributed by atoms with Crippen molar-refractivity contribution in [3.63, 3.8) is 0 Å². The van der Waals surface area contributed by atoms with Gasteiger partial charge in [0, 0.05) is 17.1 Å². The van der Waals surface area contributed by atoms with E-state index in [0.717, 1.165) is 33.4 Å². The van der Waals surface area contributed by atoms with Crippen molar-refractivity contribution in [2.24, 2.45) is 5.73 Å². The molecule has 8 heteroatoms. The lowest BCUT2D eigenvalue weighted by molar-refractivity contribution is 0.847. The number of nitrogens with one attached hydrogen (secondary N) is 2. The number of hydrogen-bond donors (Lipinski definition) is 3. The van der Waals surface area contributed by atoms with Crippen molar-refractivity contribution in [3.05, 3.63) is 94.2 Å². The predicted octanol–water partition coefficient (Wildman–Crippen LogP) is 5.44. The number of fused-ring (bicyclic) bond motifs is 1. The van der Waals surface area contributed by atoms with Crippen molar-refractivity contribution < 1.29 is 0 Å². The summed E-state index contributed by atoms with van der Waals surface area (Å²) in [6.45, 7) is 0. The average Bonchev–Trinajstić information content (AvgIpc) is 2.78. The van der Waals surface area contributed by atoms with Crippen molar-refractivity contribution in [3.8, 4) is 11.4 Å². The second-order valence-corrected chi connectivity index (χ2v) is 7.88. The summed E-state index contributed by atoms with van der Waals surface area (Å²) < 4.78 is 0. The minimum Gasteiger partial charge on any atom is -0.375 e. The first kappa shape index (κ1) is 21.1. The topological polar surface area (TPSA) is 75.9 Å². The first-order valence-electron chi connectivity index (χ1n) is 9.31. The highest BCUT2D eigenvalue weighted by Crippen LogP contribution is 2.29. The lowest BCUT2D eigenvalue weighted by atomic mass is 10.0. The maximum atomic E-state index is 6.24. The fraction of sp³-hybridized carbons (Fsp3) is 0. The van der Waals surface area contributed by atoms with Crippen LogP contribution in [-0.4, -0.2) is 15.1 Å². The summed E-state index contributed by atoms with van der Waals surface area (Å²) in [5, 5.41) is 3.03. The summed E-state index contributed by atoms with van der Waals surface area (Å²) in [5.41, 5.74) is 15.2. The standard InChI is InChI=1S/C23H17Cl2N5S/c24-17-9-8-15(11-18(17)25)20(29-30-23(26)31)13-21-16-6-2-1-5-14(16)12-22(28-21)19-7-3-4-10-27-19/h1-13,29H,(H3,26,30,31). The third-order valence-electron chi connectivity index (χ3n) is 4.53. The maximum absolute atomic E-state index is 6.24. The number of rotatable bonds is 5. The number of hydrazine groups is 1. The summed E-state index contributed by atoms with van der Waals surface area (Å²) in [7, 11) is 0. The third-order valence-corrected chi connectivity index (χ3v) is 5.37. The summed E-state index contributed by atoms with van der Waals surface area (Å²) in [5.74, 6) is 0. The molecule has 0 saturated heterocycles. The van der Waals surface area contributed by atoms with E-state index in [-0.39, 0.29) is 5.11 Å². The van der Waals surface area contributed by atoms with Gasteiger partial charge in [0.15, 0.2) is 5.11 Å². The normalized spacial score (nSPS) is 11.4.